The van der Waals surface area contributed by atoms with Crippen LogP contribution in [0.25, 0.3) is 10.9 Å². The van der Waals surface area contributed by atoms with Gasteiger partial charge in [0.05, 0.1) is 11.1 Å². The number of likely N-dealkylation sites (tertiary alicyclic amines) is 1. The summed E-state index contributed by atoms with van der Waals surface area (Å²) in [6, 6.07) is 2.92. The number of benzene rings is 1. The van der Waals surface area contributed by atoms with Crippen LogP contribution in [-0.4, -0.2) is 70.3 Å². The van der Waals surface area contributed by atoms with Crippen molar-refractivity contribution in [3.63, 3.8) is 0 Å². The van der Waals surface area contributed by atoms with E-state index >= 15 is 0 Å². The lowest BCUT2D eigenvalue weighted by molar-refractivity contribution is -0.137. The summed E-state index contributed by atoms with van der Waals surface area (Å²) in [5.74, 6) is -0.472. The van der Waals surface area contributed by atoms with Gasteiger partial charge < -0.3 is 15.1 Å². The number of fused-ring (bicyclic) bond motifs is 1. The summed E-state index contributed by atoms with van der Waals surface area (Å²) in [6.07, 6.45) is -0.0285. The molecule has 1 aromatic carbocycles. The first-order valence-electron chi connectivity index (χ1n) is 11.2. The summed E-state index contributed by atoms with van der Waals surface area (Å²) in [5, 5.41) is 2.70. The van der Waals surface area contributed by atoms with E-state index in [-0.39, 0.29) is 28.5 Å². The molecule has 178 valence electrons. The Bertz CT molecular complexity index is 1060. The lowest BCUT2D eigenvalue weighted by atomic mass is 9.81. The molecular weight excluding hydrogens is 435 g/mol. The van der Waals surface area contributed by atoms with Crippen molar-refractivity contribution < 1.29 is 22.8 Å². The van der Waals surface area contributed by atoms with Gasteiger partial charge in [-0.1, -0.05) is 6.92 Å². The minimum Gasteiger partial charge on any atom is -0.339 e. The van der Waals surface area contributed by atoms with Gasteiger partial charge in [0.25, 0.3) is 5.91 Å². The number of alkyl halides is 3. The lowest BCUT2D eigenvalue weighted by Gasteiger charge is -2.41. The minimum absolute atomic E-state index is 0.00255. The molecule has 4 atom stereocenters. The first kappa shape index (κ1) is 23.4. The molecule has 1 saturated carbocycles. The van der Waals surface area contributed by atoms with Crippen molar-refractivity contribution in [3.8, 4) is 0 Å². The maximum absolute atomic E-state index is 13.2. The second kappa shape index (κ2) is 8.89. The highest BCUT2D eigenvalue weighted by Crippen LogP contribution is 2.33. The van der Waals surface area contributed by atoms with Gasteiger partial charge in [-0.2, -0.15) is 13.2 Å². The zero-order chi connectivity index (χ0) is 23.9. The van der Waals surface area contributed by atoms with Gasteiger partial charge in [-0.25, -0.2) is 9.97 Å². The van der Waals surface area contributed by atoms with Gasteiger partial charge in [0.15, 0.2) is 0 Å². The maximum Gasteiger partial charge on any atom is 0.416 e. The van der Waals surface area contributed by atoms with Crippen molar-refractivity contribution in [3.05, 3.63) is 35.8 Å². The number of hydrogen-bond donors (Lipinski definition) is 1. The average molecular weight is 464 g/mol. The molecule has 1 aromatic heterocycles. The first-order chi connectivity index (χ1) is 15.6. The number of nitrogens with one attached hydrogen (secondary N) is 1. The van der Waals surface area contributed by atoms with Crippen LogP contribution in [0.3, 0.4) is 0 Å². The Kier molecular flexibility index (Phi) is 6.30. The van der Waals surface area contributed by atoms with E-state index in [1.807, 2.05) is 4.90 Å². The van der Waals surface area contributed by atoms with Crippen molar-refractivity contribution in [2.75, 3.05) is 20.6 Å². The topological polar surface area (TPSA) is 78.4 Å². The molecule has 10 heteroatoms. The molecule has 1 unspecified atom stereocenters. The molecule has 2 aromatic rings. The van der Waals surface area contributed by atoms with Gasteiger partial charge >= 0.3 is 6.18 Å². The molecule has 0 radical (unpaired) electrons. The van der Waals surface area contributed by atoms with Gasteiger partial charge in [0.1, 0.15) is 18.1 Å². The Morgan fingerprint density at radius 3 is 2.61 bits per heavy atom. The van der Waals surface area contributed by atoms with Crippen molar-refractivity contribution in [2.24, 2.45) is 5.92 Å². The quantitative estimate of drug-likeness (QED) is 0.754. The summed E-state index contributed by atoms with van der Waals surface area (Å²) in [4.78, 5) is 38.0. The monoisotopic (exact) mass is 463 g/mol. The number of hydrogen-bond acceptors (Lipinski definition) is 5. The SMILES string of the molecule is C[C@@H]1C[C@H](N(C)C)CC[C@@H]1N1CCC(NC(=O)c2ncnc3ccc(C(F)(F)F)cc23)C1=O. The predicted molar refractivity (Wildman–Crippen MR) is 116 cm³/mol. The van der Waals surface area contributed by atoms with Crippen molar-refractivity contribution >= 4 is 22.7 Å². The van der Waals surface area contributed by atoms with Gasteiger partial charge in [0, 0.05) is 24.0 Å². The number of carbonyl (C=O) groups is 2. The number of nitrogens with zero attached hydrogens (tertiary/aromatic N) is 4. The van der Waals surface area contributed by atoms with Crippen molar-refractivity contribution in [1.29, 1.82) is 0 Å². The lowest BCUT2D eigenvalue weighted by Crippen LogP contribution is -2.50. The van der Waals surface area contributed by atoms with Crippen LogP contribution in [0, 0.1) is 5.92 Å². The van der Waals surface area contributed by atoms with Crippen LogP contribution in [-0.2, 0) is 11.0 Å². The smallest absolute Gasteiger partial charge is 0.339 e. The normalized spacial score (nSPS) is 26.3. The highest BCUT2D eigenvalue weighted by Gasteiger charge is 2.41. The zero-order valence-electron chi connectivity index (χ0n) is 18.9. The van der Waals surface area contributed by atoms with Crippen LogP contribution < -0.4 is 5.32 Å². The Labute approximate surface area is 190 Å². The van der Waals surface area contributed by atoms with Gasteiger partial charge in [-0.3, -0.25) is 9.59 Å². The van der Waals surface area contributed by atoms with E-state index in [9.17, 15) is 22.8 Å². The molecule has 1 aliphatic heterocycles. The number of carbonyl (C=O) groups excluding carboxylic acids is 2. The second-order valence-corrected chi connectivity index (χ2v) is 9.27. The van der Waals surface area contributed by atoms with Crippen molar-refractivity contribution in [2.45, 2.75) is 56.9 Å². The predicted octanol–water partition coefficient (Wildman–Crippen LogP) is 3.10. The molecule has 1 saturated heterocycles. The zero-order valence-corrected chi connectivity index (χ0v) is 18.9. The second-order valence-electron chi connectivity index (χ2n) is 9.27. The van der Waals surface area contributed by atoms with Gasteiger partial charge in [-0.05, 0) is 63.9 Å². The minimum atomic E-state index is -4.55. The fraction of sp³-hybridized carbons (Fsp3) is 0.565. The molecule has 2 aliphatic rings. The highest BCUT2D eigenvalue weighted by molar-refractivity contribution is 6.05. The van der Waals surface area contributed by atoms with Crippen LogP contribution in [0.4, 0.5) is 13.2 Å². The van der Waals surface area contributed by atoms with Crippen molar-refractivity contribution in [1.82, 2.24) is 25.1 Å². The van der Waals surface area contributed by atoms with Gasteiger partial charge in [0.2, 0.25) is 5.91 Å². The third-order valence-electron chi connectivity index (χ3n) is 6.95. The number of aromatic nitrogens is 2. The largest absolute Gasteiger partial charge is 0.416 e. The first-order valence-corrected chi connectivity index (χ1v) is 11.2. The summed E-state index contributed by atoms with van der Waals surface area (Å²) < 4.78 is 39.5. The van der Waals surface area contributed by atoms with Crippen LogP contribution >= 0.6 is 0 Å². The number of halogens is 3. The van der Waals surface area contributed by atoms with E-state index < -0.39 is 23.7 Å². The van der Waals surface area contributed by atoms with Gasteiger partial charge in [-0.15, -0.1) is 0 Å². The summed E-state index contributed by atoms with van der Waals surface area (Å²) in [6.45, 7) is 2.71. The molecular formula is C23H28F3N5O2. The molecule has 2 heterocycles. The van der Waals surface area contributed by atoms with Crippen LogP contribution in [0.2, 0.25) is 0 Å². The molecule has 2 fully saturated rings. The molecule has 0 bridgehead atoms. The Hall–Kier alpha value is -2.75. The molecule has 4 rings (SSSR count). The maximum atomic E-state index is 13.2. The number of amides is 2. The molecule has 33 heavy (non-hydrogen) atoms. The van der Waals surface area contributed by atoms with E-state index in [2.05, 4.69) is 41.2 Å². The fourth-order valence-corrected chi connectivity index (χ4v) is 5.09. The highest BCUT2D eigenvalue weighted by atomic mass is 19.4. The van der Waals surface area contributed by atoms with Crippen LogP contribution in [0.15, 0.2) is 24.5 Å². The molecule has 1 aliphatic carbocycles. The fourth-order valence-electron chi connectivity index (χ4n) is 5.09. The van der Waals surface area contributed by atoms with E-state index in [0.29, 0.717) is 24.9 Å². The third kappa shape index (κ3) is 4.66. The Balaban J connectivity index is 1.49. The van der Waals surface area contributed by atoms with E-state index in [1.54, 1.807) is 0 Å². The standard InChI is InChI=1S/C23H28F3N5O2/c1-13-10-15(30(2)3)5-7-19(13)31-9-8-18(22(31)33)29-21(32)20-16-11-14(23(24,25)26)4-6-17(16)27-12-28-20/h4,6,11-13,15,18-19H,5,7-10H2,1-3H3,(H,29,32)/t13-,15-,18?,19+/m1/s1. The van der Waals surface area contributed by atoms with E-state index in [1.165, 1.54) is 6.07 Å². The molecule has 0 spiro atoms. The average Bonchev–Trinajstić information content (AvgIpc) is 3.11. The Morgan fingerprint density at radius 1 is 1.18 bits per heavy atom. The van der Waals surface area contributed by atoms with E-state index in [4.69, 9.17) is 0 Å². The van der Waals surface area contributed by atoms with E-state index in [0.717, 1.165) is 37.7 Å². The molecule has 7 nitrogen and oxygen atoms in total. The molecule has 2 amide bonds. The summed E-state index contributed by atoms with van der Waals surface area (Å²) in [7, 11) is 4.14. The number of rotatable bonds is 4. The van der Waals surface area contributed by atoms with Crippen LogP contribution in [0.1, 0.15) is 48.7 Å². The van der Waals surface area contributed by atoms with Crippen LogP contribution in [0.5, 0.6) is 0 Å². The third-order valence-corrected chi connectivity index (χ3v) is 6.95. The molecule has 1 N–H and O–H groups in total. The Morgan fingerprint density at radius 2 is 1.94 bits per heavy atom. The summed E-state index contributed by atoms with van der Waals surface area (Å²) >= 11 is 0. The summed E-state index contributed by atoms with van der Waals surface area (Å²) in [5.41, 5.74) is -0.824.